The number of esters is 1. The number of nitrogens with zero attached hydrogens (tertiary/aromatic N) is 4. The minimum Gasteiger partial charge on any atom is -0.453 e. The first-order valence-corrected chi connectivity index (χ1v) is 8.77. The van der Waals surface area contributed by atoms with Gasteiger partial charge in [0.2, 0.25) is 5.78 Å². The Hall–Kier alpha value is -2.48. The molecule has 7 nitrogen and oxygen atoms in total. The molecule has 3 aromatic heterocycles. The third kappa shape index (κ3) is 3.21. The first-order valence-electron chi connectivity index (χ1n) is 7.95. The Bertz CT molecular complexity index is 964. The highest BCUT2D eigenvalue weighted by molar-refractivity contribution is 7.20. The molecule has 0 radical (unpaired) electrons. The number of aryl methyl sites for hydroxylation is 3. The van der Waals surface area contributed by atoms with Crippen LogP contribution in [0, 0.1) is 6.92 Å². The van der Waals surface area contributed by atoms with Gasteiger partial charge in [-0.25, -0.2) is 4.79 Å². The van der Waals surface area contributed by atoms with E-state index in [2.05, 4.69) is 24.0 Å². The van der Waals surface area contributed by atoms with Gasteiger partial charge < -0.3 is 4.74 Å². The van der Waals surface area contributed by atoms with Gasteiger partial charge >= 0.3 is 5.97 Å². The number of fused-ring (bicyclic) bond motifs is 1. The molecule has 0 aromatic carbocycles. The standard InChI is InChI=1S/C17H20N4O3S/c1-9(2)15-11-7-14(25-16(11)21(5)19-15)17(23)24-8-13(22)12-6-10(3)18-20(12)4/h6-7,9H,8H2,1-5H3. The molecule has 0 aliphatic carbocycles. The van der Waals surface area contributed by atoms with Crippen molar-refractivity contribution in [1.29, 1.82) is 0 Å². The predicted molar refractivity (Wildman–Crippen MR) is 95.2 cm³/mol. The van der Waals surface area contributed by atoms with Crippen LogP contribution in [0.4, 0.5) is 0 Å². The lowest BCUT2D eigenvalue weighted by molar-refractivity contribution is 0.0477. The topological polar surface area (TPSA) is 79.0 Å². The molecule has 0 aliphatic rings. The summed E-state index contributed by atoms with van der Waals surface area (Å²) >= 11 is 1.32. The smallest absolute Gasteiger partial charge is 0.348 e. The molecule has 132 valence electrons. The van der Waals surface area contributed by atoms with E-state index in [9.17, 15) is 9.59 Å². The Labute approximate surface area is 149 Å². The number of ether oxygens (including phenoxy) is 1. The van der Waals surface area contributed by atoms with Crippen LogP contribution in [-0.2, 0) is 18.8 Å². The largest absolute Gasteiger partial charge is 0.453 e. The second-order valence-electron chi connectivity index (χ2n) is 6.29. The Balaban J connectivity index is 1.75. The minimum absolute atomic E-state index is 0.261. The Morgan fingerprint density at radius 2 is 1.92 bits per heavy atom. The fourth-order valence-electron chi connectivity index (χ4n) is 2.74. The molecule has 0 atom stereocenters. The van der Waals surface area contributed by atoms with Crippen LogP contribution in [0.1, 0.15) is 51.3 Å². The molecule has 3 rings (SSSR count). The Kier molecular flexibility index (Phi) is 4.47. The summed E-state index contributed by atoms with van der Waals surface area (Å²) < 4.78 is 8.46. The molecule has 0 aliphatic heterocycles. The molecule has 25 heavy (non-hydrogen) atoms. The van der Waals surface area contributed by atoms with Crippen LogP contribution in [0.25, 0.3) is 10.2 Å². The molecule has 0 N–H and O–H groups in total. The van der Waals surface area contributed by atoms with Crippen LogP contribution in [0.3, 0.4) is 0 Å². The van der Waals surface area contributed by atoms with Crippen LogP contribution >= 0.6 is 11.3 Å². The maximum Gasteiger partial charge on any atom is 0.348 e. The third-order valence-electron chi connectivity index (χ3n) is 3.91. The lowest BCUT2D eigenvalue weighted by atomic mass is 10.1. The number of carbonyl (C=O) groups excluding carboxylic acids is 2. The summed E-state index contributed by atoms with van der Waals surface area (Å²) in [5, 5.41) is 9.57. The van der Waals surface area contributed by atoms with E-state index in [0.717, 1.165) is 21.6 Å². The summed E-state index contributed by atoms with van der Waals surface area (Å²) in [6, 6.07) is 3.47. The number of hydrogen-bond acceptors (Lipinski definition) is 6. The molecular formula is C17H20N4O3S. The van der Waals surface area contributed by atoms with Gasteiger partial charge in [0.25, 0.3) is 0 Å². The minimum atomic E-state index is -0.497. The molecule has 8 heteroatoms. The number of hydrogen-bond donors (Lipinski definition) is 0. The fourth-order valence-corrected chi connectivity index (χ4v) is 3.71. The molecule has 0 saturated heterocycles. The van der Waals surface area contributed by atoms with Crippen molar-refractivity contribution >= 4 is 33.3 Å². The molecule has 0 spiro atoms. The van der Waals surface area contributed by atoms with E-state index in [4.69, 9.17) is 4.74 Å². The number of thiophene rings is 1. The summed E-state index contributed by atoms with van der Waals surface area (Å²) in [6.07, 6.45) is 0. The van der Waals surface area contributed by atoms with Crippen molar-refractivity contribution in [1.82, 2.24) is 19.6 Å². The quantitative estimate of drug-likeness (QED) is 0.516. The number of aromatic nitrogens is 4. The normalized spacial score (nSPS) is 11.4. The molecule has 0 fully saturated rings. The van der Waals surface area contributed by atoms with Gasteiger partial charge in [-0.1, -0.05) is 13.8 Å². The van der Waals surface area contributed by atoms with Crippen LogP contribution < -0.4 is 0 Å². The van der Waals surface area contributed by atoms with Crippen LogP contribution in [0.2, 0.25) is 0 Å². The van der Waals surface area contributed by atoms with E-state index in [-0.39, 0.29) is 18.3 Å². The molecule has 3 heterocycles. The van der Waals surface area contributed by atoms with E-state index in [0.29, 0.717) is 10.6 Å². The maximum absolute atomic E-state index is 12.3. The zero-order chi connectivity index (χ0) is 18.3. The van der Waals surface area contributed by atoms with Crippen molar-refractivity contribution in [3.8, 4) is 0 Å². The molecule has 0 bridgehead atoms. The second-order valence-corrected chi connectivity index (χ2v) is 7.32. The molecule has 0 amide bonds. The Morgan fingerprint density at radius 1 is 1.20 bits per heavy atom. The second kappa shape index (κ2) is 6.44. The van der Waals surface area contributed by atoms with Crippen molar-refractivity contribution in [2.24, 2.45) is 14.1 Å². The number of Topliss-reactive ketones (excluding diaryl/α,β-unsaturated/α-hetero) is 1. The summed E-state index contributed by atoms with van der Waals surface area (Å²) in [5.41, 5.74) is 2.12. The predicted octanol–water partition coefficient (Wildman–Crippen LogP) is 2.84. The lowest BCUT2D eigenvalue weighted by Gasteiger charge is -2.03. The van der Waals surface area contributed by atoms with Gasteiger partial charge in [-0.15, -0.1) is 11.3 Å². The first-order chi connectivity index (χ1) is 11.8. The maximum atomic E-state index is 12.3. The van der Waals surface area contributed by atoms with E-state index in [1.807, 2.05) is 7.05 Å². The van der Waals surface area contributed by atoms with E-state index >= 15 is 0 Å². The SMILES string of the molecule is Cc1cc(C(=O)COC(=O)c2cc3c(C(C)C)nn(C)c3s2)n(C)n1. The van der Waals surface area contributed by atoms with E-state index in [1.54, 1.807) is 30.8 Å². The third-order valence-corrected chi connectivity index (χ3v) is 5.09. The van der Waals surface area contributed by atoms with Crippen molar-refractivity contribution in [3.63, 3.8) is 0 Å². The van der Waals surface area contributed by atoms with Gasteiger partial charge in [-0.2, -0.15) is 10.2 Å². The van der Waals surface area contributed by atoms with Crippen LogP contribution in [0.15, 0.2) is 12.1 Å². The van der Waals surface area contributed by atoms with Crippen molar-refractivity contribution in [2.75, 3.05) is 6.61 Å². The van der Waals surface area contributed by atoms with Gasteiger partial charge in [-0.05, 0) is 25.0 Å². The summed E-state index contributed by atoms with van der Waals surface area (Å²) in [6.45, 7) is 5.62. The Morgan fingerprint density at radius 3 is 2.52 bits per heavy atom. The highest BCUT2D eigenvalue weighted by atomic mass is 32.1. The zero-order valence-corrected chi connectivity index (χ0v) is 15.7. The summed E-state index contributed by atoms with van der Waals surface area (Å²) in [4.78, 5) is 25.9. The number of rotatable bonds is 5. The monoisotopic (exact) mass is 360 g/mol. The summed E-state index contributed by atoms with van der Waals surface area (Å²) in [5.74, 6) is -0.512. The lowest BCUT2D eigenvalue weighted by Crippen LogP contribution is -2.16. The average molecular weight is 360 g/mol. The molecule has 0 saturated carbocycles. The zero-order valence-electron chi connectivity index (χ0n) is 14.9. The van der Waals surface area contributed by atoms with Crippen LogP contribution in [0.5, 0.6) is 0 Å². The fraction of sp³-hybridized carbons (Fsp3) is 0.412. The highest BCUT2D eigenvalue weighted by Gasteiger charge is 2.20. The summed E-state index contributed by atoms with van der Waals surface area (Å²) in [7, 11) is 3.54. The van der Waals surface area contributed by atoms with Crippen molar-refractivity contribution < 1.29 is 14.3 Å². The van der Waals surface area contributed by atoms with E-state index in [1.165, 1.54) is 16.0 Å². The first kappa shape index (κ1) is 17.3. The highest BCUT2D eigenvalue weighted by Crippen LogP contribution is 2.31. The molecule has 0 unspecified atom stereocenters. The van der Waals surface area contributed by atoms with Crippen molar-refractivity contribution in [3.05, 3.63) is 34.1 Å². The number of carbonyl (C=O) groups is 2. The van der Waals surface area contributed by atoms with Gasteiger partial charge in [0, 0.05) is 19.5 Å². The number of ketones is 1. The van der Waals surface area contributed by atoms with Gasteiger partial charge in [-0.3, -0.25) is 14.2 Å². The average Bonchev–Trinajstić information content (AvgIpc) is 3.19. The van der Waals surface area contributed by atoms with Crippen molar-refractivity contribution in [2.45, 2.75) is 26.7 Å². The van der Waals surface area contributed by atoms with Crippen LogP contribution in [-0.4, -0.2) is 37.9 Å². The van der Waals surface area contributed by atoms with Gasteiger partial charge in [0.05, 0.1) is 11.4 Å². The van der Waals surface area contributed by atoms with Gasteiger partial charge in [0.1, 0.15) is 15.4 Å². The van der Waals surface area contributed by atoms with Gasteiger partial charge in [0.15, 0.2) is 6.61 Å². The van der Waals surface area contributed by atoms with E-state index < -0.39 is 5.97 Å². The molecule has 3 aromatic rings. The molecular weight excluding hydrogens is 340 g/mol.